The van der Waals surface area contributed by atoms with Gasteiger partial charge in [-0.1, -0.05) is 0 Å². The molecule has 14 heavy (non-hydrogen) atoms. The van der Waals surface area contributed by atoms with Gasteiger partial charge in [-0.25, -0.2) is 4.98 Å². The van der Waals surface area contributed by atoms with E-state index in [0.29, 0.717) is 5.82 Å². The Morgan fingerprint density at radius 2 is 2.21 bits per heavy atom. The highest BCUT2D eigenvalue weighted by Gasteiger charge is 2.13. The van der Waals surface area contributed by atoms with E-state index in [9.17, 15) is 0 Å². The number of anilines is 1. The number of aromatic nitrogens is 2. The predicted octanol–water partition coefficient (Wildman–Crippen LogP) is -0.165. The van der Waals surface area contributed by atoms with Crippen molar-refractivity contribution in [2.45, 2.75) is 6.54 Å². The first kappa shape index (κ1) is 9.48. The van der Waals surface area contributed by atoms with Crippen molar-refractivity contribution < 1.29 is 4.74 Å². The molecule has 1 aliphatic rings. The van der Waals surface area contributed by atoms with Crippen molar-refractivity contribution in [3.05, 3.63) is 12.0 Å². The van der Waals surface area contributed by atoms with Crippen molar-refractivity contribution >= 4 is 5.82 Å². The standard InChI is InChI=1S/C9H16N4O/c1-12-8(10)6-11-9(12)7-13-2-4-14-5-3-13/h6H,2-5,7,10H2,1H3. The summed E-state index contributed by atoms with van der Waals surface area (Å²) in [5, 5.41) is 0. The summed E-state index contributed by atoms with van der Waals surface area (Å²) in [6.07, 6.45) is 1.70. The van der Waals surface area contributed by atoms with E-state index in [1.54, 1.807) is 6.20 Å². The van der Waals surface area contributed by atoms with E-state index in [0.717, 1.165) is 38.7 Å². The zero-order valence-corrected chi connectivity index (χ0v) is 8.44. The second-order valence-corrected chi connectivity index (χ2v) is 3.55. The maximum absolute atomic E-state index is 5.70. The zero-order valence-electron chi connectivity index (χ0n) is 8.44. The Hall–Kier alpha value is -1.07. The SMILES string of the molecule is Cn1c(N)cnc1CN1CCOCC1. The molecule has 2 N–H and O–H groups in total. The molecule has 1 saturated heterocycles. The van der Waals surface area contributed by atoms with Crippen LogP contribution >= 0.6 is 0 Å². The third-order valence-electron chi connectivity index (χ3n) is 2.59. The van der Waals surface area contributed by atoms with Crippen LogP contribution in [-0.2, 0) is 18.3 Å². The van der Waals surface area contributed by atoms with Gasteiger partial charge >= 0.3 is 0 Å². The fraction of sp³-hybridized carbons (Fsp3) is 0.667. The van der Waals surface area contributed by atoms with Crippen molar-refractivity contribution in [1.29, 1.82) is 0 Å². The molecular formula is C9H16N4O. The molecule has 78 valence electrons. The van der Waals surface area contributed by atoms with Gasteiger partial charge in [0.25, 0.3) is 0 Å². The molecule has 1 aliphatic heterocycles. The topological polar surface area (TPSA) is 56.3 Å². The van der Waals surface area contributed by atoms with Crippen LogP contribution in [0.15, 0.2) is 6.20 Å². The Balaban J connectivity index is 1.99. The van der Waals surface area contributed by atoms with Crippen molar-refractivity contribution in [2.75, 3.05) is 32.0 Å². The molecule has 1 fully saturated rings. The Bertz CT molecular complexity index is 304. The van der Waals surface area contributed by atoms with E-state index < -0.39 is 0 Å². The molecule has 0 atom stereocenters. The fourth-order valence-electron chi connectivity index (χ4n) is 1.57. The monoisotopic (exact) mass is 196 g/mol. The van der Waals surface area contributed by atoms with Crippen LogP contribution in [0.4, 0.5) is 5.82 Å². The van der Waals surface area contributed by atoms with Gasteiger partial charge in [0.05, 0.1) is 26.0 Å². The minimum absolute atomic E-state index is 0.716. The molecule has 0 aliphatic carbocycles. The normalized spacial score (nSPS) is 18.6. The minimum atomic E-state index is 0.716. The first-order valence-corrected chi connectivity index (χ1v) is 4.83. The largest absolute Gasteiger partial charge is 0.384 e. The molecule has 5 heteroatoms. The number of nitrogen functional groups attached to an aromatic ring is 1. The van der Waals surface area contributed by atoms with Crippen LogP contribution in [0.2, 0.25) is 0 Å². The molecule has 0 aromatic carbocycles. The number of nitrogens with zero attached hydrogens (tertiary/aromatic N) is 3. The highest BCUT2D eigenvalue weighted by Crippen LogP contribution is 2.08. The summed E-state index contributed by atoms with van der Waals surface area (Å²) in [6, 6.07) is 0. The Morgan fingerprint density at radius 3 is 2.79 bits per heavy atom. The molecule has 0 amide bonds. The third kappa shape index (κ3) is 1.88. The van der Waals surface area contributed by atoms with Gasteiger partial charge in [0.2, 0.25) is 0 Å². The number of imidazole rings is 1. The van der Waals surface area contributed by atoms with E-state index in [2.05, 4.69) is 9.88 Å². The van der Waals surface area contributed by atoms with E-state index in [1.165, 1.54) is 0 Å². The quantitative estimate of drug-likeness (QED) is 0.713. The molecule has 0 unspecified atom stereocenters. The van der Waals surface area contributed by atoms with Crippen molar-refractivity contribution in [1.82, 2.24) is 14.5 Å². The van der Waals surface area contributed by atoms with Gasteiger partial charge in [-0.15, -0.1) is 0 Å². The maximum atomic E-state index is 5.70. The summed E-state index contributed by atoms with van der Waals surface area (Å²) < 4.78 is 7.21. The number of hydrogen-bond acceptors (Lipinski definition) is 4. The molecule has 0 spiro atoms. The summed E-state index contributed by atoms with van der Waals surface area (Å²) in [5.74, 6) is 1.73. The van der Waals surface area contributed by atoms with Crippen LogP contribution in [0.5, 0.6) is 0 Å². The molecule has 2 heterocycles. The summed E-state index contributed by atoms with van der Waals surface area (Å²) in [6.45, 7) is 4.45. The molecule has 1 aromatic rings. The molecule has 1 aromatic heterocycles. The van der Waals surface area contributed by atoms with Crippen LogP contribution in [-0.4, -0.2) is 40.8 Å². The van der Waals surface area contributed by atoms with Gasteiger partial charge in [0.1, 0.15) is 11.6 Å². The number of hydrogen-bond donors (Lipinski definition) is 1. The average molecular weight is 196 g/mol. The smallest absolute Gasteiger partial charge is 0.124 e. The van der Waals surface area contributed by atoms with Crippen LogP contribution < -0.4 is 5.73 Å². The zero-order chi connectivity index (χ0) is 9.97. The lowest BCUT2D eigenvalue weighted by molar-refractivity contribution is 0.0327. The molecule has 5 nitrogen and oxygen atoms in total. The van der Waals surface area contributed by atoms with Gasteiger partial charge < -0.3 is 15.0 Å². The number of nitrogens with two attached hydrogens (primary N) is 1. The molecule has 0 saturated carbocycles. The van der Waals surface area contributed by atoms with Crippen LogP contribution in [0.1, 0.15) is 5.82 Å². The second kappa shape index (κ2) is 3.98. The van der Waals surface area contributed by atoms with Gasteiger partial charge in [0.15, 0.2) is 0 Å². The number of rotatable bonds is 2. The van der Waals surface area contributed by atoms with E-state index >= 15 is 0 Å². The summed E-state index contributed by atoms with van der Waals surface area (Å²) >= 11 is 0. The van der Waals surface area contributed by atoms with Gasteiger partial charge in [-0.3, -0.25) is 4.90 Å². The van der Waals surface area contributed by atoms with Gasteiger partial charge in [0, 0.05) is 20.1 Å². The third-order valence-corrected chi connectivity index (χ3v) is 2.59. The fourth-order valence-corrected chi connectivity index (χ4v) is 1.57. The Labute approximate surface area is 83.5 Å². The minimum Gasteiger partial charge on any atom is -0.384 e. The maximum Gasteiger partial charge on any atom is 0.124 e. The molecule has 0 bridgehead atoms. The van der Waals surface area contributed by atoms with Crippen molar-refractivity contribution in [3.63, 3.8) is 0 Å². The first-order valence-electron chi connectivity index (χ1n) is 4.83. The second-order valence-electron chi connectivity index (χ2n) is 3.55. The van der Waals surface area contributed by atoms with E-state index in [1.807, 2.05) is 11.6 Å². The van der Waals surface area contributed by atoms with Crippen LogP contribution in [0, 0.1) is 0 Å². The van der Waals surface area contributed by atoms with E-state index in [-0.39, 0.29) is 0 Å². The summed E-state index contributed by atoms with van der Waals surface area (Å²) in [5.41, 5.74) is 5.70. The van der Waals surface area contributed by atoms with Crippen LogP contribution in [0.25, 0.3) is 0 Å². The highest BCUT2D eigenvalue weighted by molar-refractivity contribution is 5.27. The first-order chi connectivity index (χ1) is 6.77. The highest BCUT2D eigenvalue weighted by atomic mass is 16.5. The molecule has 0 radical (unpaired) electrons. The van der Waals surface area contributed by atoms with E-state index in [4.69, 9.17) is 10.5 Å². The van der Waals surface area contributed by atoms with Crippen LogP contribution in [0.3, 0.4) is 0 Å². The predicted molar refractivity (Wildman–Crippen MR) is 53.7 cm³/mol. The lowest BCUT2D eigenvalue weighted by Crippen LogP contribution is -2.36. The number of ether oxygens (including phenoxy) is 1. The Kier molecular flexibility index (Phi) is 2.69. The number of morpholine rings is 1. The molecular weight excluding hydrogens is 180 g/mol. The van der Waals surface area contributed by atoms with Crippen molar-refractivity contribution in [2.24, 2.45) is 7.05 Å². The lowest BCUT2D eigenvalue weighted by Gasteiger charge is -2.26. The van der Waals surface area contributed by atoms with Gasteiger partial charge in [-0.05, 0) is 0 Å². The van der Waals surface area contributed by atoms with Gasteiger partial charge in [-0.2, -0.15) is 0 Å². The lowest BCUT2D eigenvalue weighted by atomic mass is 10.4. The summed E-state index contributed by atoms with van der Waals surface area (Å²) in [7, 11) is 1.94. The Morgan fingerprint density at radius 1 is 1.50 bits per heavy atom. The van der Waals surface area contributed by atoms with Crippen molar-refractivity contribution in [3.8, 4) is 0 Å². The average Bonchev–Trinajstić information content (AvgIpc) is 2.52. The summed E-state index contributed by atoms with van der Waals surface area (Å²) in [4.78, 5) is 6.59. The molecule has 2 rings (SSSR count).